The summed E-state index contributed by atoms with van der Waals surface area (Å²) in [4.78, 5) is 20.7. The van der Waals surface area contributed by atoms with Gasteiger partial charge in [-0.3, -0.25) is 9.78 Å². The minimum absolute atomic E-state index is 0.218. The summed E-state index contributed by atoms with van der Waals surface area (Å²) >= 11 is 0. The van der Waals surface area contributed by atoms with Crippen LogP contribution < -0.4 is 11.1 Å². The van der Waals surface area contributed by atoms with Gasteiger partial charge in [-0.1, -0.05) is 6.07 Å². The van der Waals surface area contributed by atoms with Crippen LogP contribution in [0.1, 0.15) is 16.1 Å². The summed E-state index contributed by atoms with van der Waals surface area (Å²) in [5.74, 6) is -0.331. The van der Waals surface area contributed by atoms with Gasteiger partial charge in [-0.05, 0) is 42.8 Å². The lowest BCUT2D eigenvalue weighted by atomic mass is 10.1. The average molecular weight is 278 g/mol. The number of nitrogens with zero attached hydrogens (tertiary/aromatic N) is 2. The van der Waals surface area contributed by atoms with E-state index in [1.165, 1.54) is 0 Å². The van der Waals surface area contributed by atoms with E-state index >= 15 is 0 Å². The van der Waals surface area contributed by atoms with E-state index in [4.69, 9.17) is 5.73 Å². The summed E-state index contributed by atoms with van der Waals surface area (Å²) in [7, 11) is 0. The molecule has 0 unspecified atom stereocenters. The highest BCUT2D eigenvalue weighted by molar-refractivity contribution is 6.10. The standard InChI is InChI=1S/C16H14N4O/c1-10-6-7-13(11-4-2-8-18-14(10)11)20-16(21)15-12(17)5-3-9-19-15/h2-9H,17H2,1H3,(H,20,21). The Kier molecular flexibility index (Phi) is 3.23. The number of carbonyl (C=O) groups is 1. The number of rotatable bonds is 2. The summed E-state index contributed by atoms with van der Waals surface area (Å²) in [5, 5.41) is 3.74. The number of benzene rings is 1. The van der Waals surface area contributed by atoms with Crippen LogP contribution in [0.2, 0.25) is 0 Å². The molecule has 5 nitrogen and oxygen atoms in total. The van der Waals surface area contributed by atoms with E-state index in [1.807, 2.05) is 31.2 Å². The minimum atomic E-state index is -0.331. The number of amides is 1. The van der Waals surface area contributed by atoms with E-state index < -0.39 is 0 Å². The molecule has 21 heavy (non-hydrogen) atoms. The molecule has 0 fully saturated rings. The molecule has 1 amide bonds. The fraction of sp³-hybridized carbons (Fsp3) is 0.0625. The molecule has 3 aromatic rings. The summed E-state index contributed by atoms with van der Waals surface area (Å²) in [6, 6.07) is 10.9. The predicted octanol–water partition coefficient (Wildman–Crippen LogP) is 2.77. The summed E-state index contributed by atoms with van der Waals surface area (Å²) in [6.45, 7) is 1.98. The highest BCUT2D eigenvalue weighted by Gasteiger charge is 2.13. The molecule has 1 aromatic carbocycles. The highest BCUT2D eigenvalue weighted by atomic mass is 16.1. The lowest BCUT2D eigenvalue weighted by Gasteiger charge is -2.10. The molecule has 3 N–H and O–H groups in total. The van der Waals surface area contributed by atoms with Crippen molar-refractivity contribution in [1.82, 2.24) is 9.97 Å². The van der Waals surface area contributed by atoms with Crippen LogP contribution in [-0.2, 0) is 0 Å². The van der Waals surface area contributed by atoms with Gasteiger partial charge in [0.25, 0.3) is 5.91 Å². The molecule has 0 saturated carbocycles. The predicted molar refractivity (Wildman–Crippen MR) is 83.1 cm³/mol. The first-order valence-electron chi connectivity index (χ1n) is 6.53. The van der Waals surface area contributed by atoms with Crippen molar-refractivity contribution in [2.75, 3.05) is 11.1 Å². The first kappa shape index (κ1) is 13.1. The molecule has 0 aliphatic rings. The second-order valence-electron chi connectivity index (χ2n) is 4.72. The highest BCUT2D eigenvalue weighted by Crippen LogP contribution is 2.25. The third-order valence-corrected chi connectivity index (χ3v) is 3.27. The molecule has 0 atom stereocenters. The van der Waals surface area contributed by atoms with Gasteiger partial charge in [0, 0.05) is 17.8 Å². The van der Waals surface area contributed by atoms with Gasteiger partial charge >= 0.3 is 0 Å². The van der Waals surface area contributed by atoms with Gasteiger partial charge in [0.05, 0.1) is 16.9 Å². The van der Waals surface area contributed by atoms with E-state index in [1.54, 1.807) is 24.5 Å². The maximum atomic E-state index is 12.3. The van der Waals surface area contributed by atoms with Crippen molar-refractivity contribution in [1.29, 1.82) is 0 Å². The number of nitrogen functional groups attached to an aromatic ring is 1. The van der Waals surface area contributed by atoms with E-state index in [2.05, 4.69) is 15.3 Å². The molecule has 2 heterocycles. The molecular formula is C16H14N4O. The Morgan fingerprint density at radius 2 is 1.86 bits per heavy atom. The molecular weight excluding hydrogens is 264 g/mol. The summed E-state index contributed by atoms with van der Waals surface area (Å²) in [5.41, 5.74) is 8.96. The van der Waals surface area contributed by atoms with E-state index in [0.717, 1.165) is 16.5 Å². The maximum absolute atomic E-state index is 12.3. The lowest BCUT2D eigenvalue weighted by molar-refractivity contribution is 0.102. The van der Waals surface area contributed by atoms with E-state index in [9.17, 15) is 4.79 Å². The van der Waals surface area contributed by atoms with Crippen molar-refractivity contribution in [3.05, 3.63) is 60.0 Å². The largest absolute Gasteiger partial charge is 0.397 e. The number of anilines is 2. The van der Waals surface area contributed by atoms with Gasteiger partial charge in [0.2, 0.25) is 0 Å². The van der Waals surface area contributed by atoms with Crippen molar-refractivity contribution in [3.8, 4) is 0 Å². The quantitative estimate of drug-likeness (QED) is 0.755. The number of pyridine rings is 2. The molecule has 3 rings (SSSR count). The monoisotopic (exact) mass is 278 g/mol. The van der Waals surface area contributed by atoms with Gasteiger partial charge in [-0.15, -0.1) is 0 Å². The van der Waals surface area contributed by atoms with Crippen LogP contribution in [-0.4, -0.2) is 15.9 Å². The van der Waals surface area contributed by atoms with Crippen LogP contribution in [0.3, 0.4) is 0 Å². The van der Waals surface area contributed by atoms with Crippen LogP contribution >= 0.6 is 0 Å². The van der Waals surface area contributed by atoms with Crippen LogP contribution in [0.4, 0.5) is 11.4 Å². The Morgan fingerprint density at radius 1 is 1.10 bits per heavy atom. The first-order chi connectivity index (χ1) is 10.2. The van der Waals surface area contributed by atoms with Gasteiger partial charge in [0.1, 0.15) is 0 Å². The molecule has 0 spiro atoms. The Hall–Kier alpha value is -2.95. The average Bonchev–Trinajstić information content (AvgIpc) is 2.51. The summed E-state index contributed by atoms with van der Waals surface area (Å²) in [6.07, 6.45) is 3.28. The topological polar surface area (TPSA) is 80.9 Å². The molecule has 5 heteroatoms. The SMILES string of the molecule is Cc1ccc(NC(=O)c2ncccc2N)c2cccnc12. The number of aromatic nitrogens is 2. The number of nitrogens with two attached hydrogens (primary N) is 1. The number of aryl methyl sites for hydroxylation is 1. The Labute approximate surface area is 121 Å². The number of hydrogen-bond acceptors (Lipinski definition) is 4. The Bertz CT molecular complexity index is 829. The third-order valence-electron chi connectivity index (χ3n) is 3.27. The summed E-state index contributed by atoms with van der Waals surface area (Å²) < 4.78 is 0. The van der Waals surface area contributed by atoms with Gasteiger partial charge in [-0.25, -0.2) is 4.98 Å². The Morgan fingerprint density at radius 3 is 2.67 bits per heavy atom. The molecule has 104 valence electrons. The fourth-order valence-corrected chi connectivity index (χ4v) is 2.21. The molecule has 0 saturated heterocycles. The van der Waals surface area contributed by atoms with Crippen molar-refractivity contribution in [3.63, 3.8) is 0 Å². The zero-order chi connectivity index (χ0) is 14.8. The van der Waals surface area contributed by atoms with E-state index in [0.29, 0.717) is 11.4 Å². The van der Waals surface area contributed by atoms with E-state index in [-0.39, 0.29) is 11.6 Å². The number of hydrogen-bond donors (Lipinski definition) is 2. The van der Waals surface area contributed by atoms with Crippen molar-refractivity contribution >= 4 is 28.2 Å². The lowest BCUT2D eigenvalue weighted by Crippen LogP contribution is -2.16. The maximum Gasteiger partial charge on any atom is 0.276 e. The normalized spacial score (nSPS) is 10.5. The van der Waals surface area contributed by atoms with Gasteiger partial charge in [-0.2, -0.15) is 0 Å². The van der Waals surface area contributed by atoms with Crippen molar-refractivity contribution in [2.45, 2.75) is 6.92 Å². The zero-order valence-electron chi connectivity index (χ0n) is 11.5. The first-order valence-corrected chi connectivity index (χ1v) is 6.53. The van der Waals surface area contributed by atoms with Gasteiger partial charge < -0.3 is 11.1 Å². The molecule has 0 bridgehead atoms. The molecule has 0 aliphatic heterocycles. The van der Waals surface area contributed by atoms with Crippen LogP contribution in [0.15, 0.2) is 48.8 Å². The van der Waals surface area contributed by atoms with Crippen LogP contribution in [0, 0.1) is 6.92 Å². The molecule has 0 aliphatic carbocycles. The minimum Gasteiger partial charge on any atom is -0.397 e. The van der Waals surface area contributed by atoms with Crippen LogP contribution in [0.5, 0.6) is 0 Å². The van der Waals surface area contributed by atoms with Crippen molar-refractivity contribution < 1.29 is 4.79 Å². The fourth-order valence-electron chi connectivity index (χ4n) is 2.21. The zero-order valence-corrected chi connectivity index (χ0v) is 11.5. The third kappa shape index (κ3) is 2.41. The second kappa shape index (κ2) is 5.20. The van der Waals surface area contributed by atoms with Crippen molar-refractivity contribution in [2.24, 2.45) is 0 Å². The Balaban J connectivity index is 2.01. The molecule has 2 aromatic heterocycles. The van der Waals surface area contributed by atoms with Crippen LogP contribution in [0.25, 0.3) is 10.9 Å². The second-order valence-corrected chi connectivity index (χ2v) is 4.72. The number of carbonyl (C=O) groups excluding carboxylic acids is 1. The smallest absolute Gasteiger partial charge is 0.276 e. The molecule has 0 radical (unpaired) electrons. The number of fused-ring (bicyclic) bond motifs is 1. The van der Waals surface area contributed by atoms with Gasteiger partial charge in [0.15, 0.2) is 5.69 Å². The number of nitrogens with one attached hydrogen (secondary N) is 1.